The molecule has 0 aromatic heterocycles. The van der Waals surface area contributed by atoms with Gasteiger partial charge in [-0.1, -0.05) is 78.1 Å². The molecule has 1 aliphatic rings. The highest BCUT2D eigenvalue weighted by molar-refractivity contribution is 5.69. The van der Waals surface area contributed by atoms with Gasteiger partial charge < -0.3 is 19.3 Å². The lowest BCUT2D eigenvalue weighted by Crippen LogP contribution is -2.31. The molecule has 1 rings (SSSR count). The van der Waals surface area contributed by atoms with Crippen molar-refractivity contribution in [2.45, 2.75) is 141 Å². The fourth-order valence-electron chi connectivity index (χ4n) is 3.93. The quantitative estimate of drug-likeness (QED) is 0.193. The molecule has 1 aliphatic heterocycles. The van der Waals surface area contributed by atoms with Crippen molar-refractivity contribution < 1.29 is 24.1 Å². The number of unbranched alkanes of at least 4 members (excludes halogenated alkanes) is 9. The summed E-state index contributed by atoms with van der Waals surface area (Å²) in [6.07, 6.45) is 17.1. The lowest BCUT2D eigenvalue weighted by atomic mass is 10.0. The van der Waals surface area contributed by atoms with E-state index in [4.69, 9.17) is 14.2 Å². The van der Waals surface area contributed by atoms with Gasteiger partial charge in [-0.25, -0.2) is 0 Å². The summed E-state index contributed by atoms with van der Waals surface area (Å²) >= 11 is 0. The van der Waals surface area contributed by atoms with Crippen LogP contribution in [0, 0.1) is 0 Å². The number of rotatable bonds is 19. The van der Waals surface area contributed by atoms with Crippen molar-refractivity contribution in [3.8, 4) is 0 Å². The van der Waals surface area contributed by atoms with Crippen molar-refractivity contribution in [3.05, 3.63) is 0 Å². The first-order valence-electron chi connectivity index (χ1n) is 12.8. The molecule has 5 heteroatoms. The van der Waals surface area contributed by atoms with Crippen LogP contribution >= 0.6 is 0 Å². The summed E-state index contributed by atoms with van der Waals surface area (Å²) in [5.41, 5.74) is 0. The molecule has 0 aliphatic carbocycles. The average Bonchev–Trinajstić information content (AvgIpc) is 2.73. The molecule has 1 fully saturated rings. The summed E-state index contributed by atoms with van der Waals surface area (Å²) in [5.74, 6) is -0.313. The van der Waals surface area contributed by atoms with Crippen molar-refractivity contribution in [2.75, 3.05) is 13.2 Å². The van der Waals surface area contributed by atoms with Crippen molar-refractivity contribution in [1.82, 2.24) is 0 Å². The molecule has 1 heterocycles. The van der Waals surface area contributed by atoms with E-state index in [1.807, 2.05) is 0 Å². The summed E-state index contributed by atoms with van der Waals surface area (Å²) in [6, 6.07) is 0. The van der Waals surface area contributed by atoms with Gasteiger partial charge in [0.15, 0.2) is 6.29 Å². The molecule has 30 heavy (non-hydrogen) atoms. The van der Waals surface area contributed by atoms with Gasteiger partial charge in [0.2, 0.25) is 0 Å². The summed E-state index contributed by atoms with van der Waals surface area (Å²) in [6.45, 7) is 5.51. The fourth-order valence-corrected chi connectivity index (χ4v) is 3.93. The fraction of sp³-hybridized carbons (Fsp3) is 0.960. The van der Waals surface area contributed by atoms with E-state index in [0.29, 0.717) is 13.0 Å². The minimum Gasteiger partial charge on any atom is -0.466 e. The van der Waals surface area contributed by atoms with Crippen molar-refractivity contribution in [2.24, 2.45) is 0 Å². The topological polar surface area (TPSA) is 65.0 Å². The molecule has 178 valence electrons. The lowest BCUT2D eigenvalue weighted by molar-refractivity contribution is -0.194. The monoisotopic (exact) mass is 428 g/mol. The number of carbonyl (C=O) groups is 1. The third kappa shape index (κ3) is 15.2. The molecule has 5 nitrogen and oxygen atoms in total. The Morgan fingerprint density at radius 1 is 0.967 bits per heavy atom. The zero-order valence-corrected chi connectivity index (χ0v) is 19.7. The number of hydrogen-bond acceptors (Lipinski definition) is 5. The van der Waals surface area contributed by atoms with E-state index in [2.05, 4.69) is 13.8 Å². The Balaban J connectivity index is 2.28. The summed E-state index contributed by atoms with van der Waals surface area (Å²) in [7, 11) is 0. The van der Waals surface area contributed by atoms with E-state index in [9.17, 15) is 9.90 Å². The number of carbonyl (C=O) groups excluding carboxylic acids is 1. The molecular formula is C25H48O5. The maximum absolute atomic E-state index is 11.9. The first kappa shape index (κ1) is 27.4. The molecule has 0 aromatic rings. The SMILES string of the molecule is CCCCCCCCCCCC(C[C@@H](O)CC(=O)OCCCC)OC1CCCCO1. The standard InChI is InChI=1S/C25H48O5/c1-3-5-7-8-9-10-11-12-13-16-23(30-25-17-14-15-19-29-25)20-22(26)21-24(27)28-18-6-4-2/h22-23,25-26H,3-21H2,1-2H3/t22-,23?,25?/m1/s1. The van der Waals surface area contributed by atoms with Gasteiger partial charge in [0, 0.05) is 13.0 Å². The summed E-state index contributed by atoms with van der Waals surface area (Å²) < 4.78 is 17.1. The van der Waals surface area contributed by atoms with Crippen LogP contribution in [0.5, 0.6) is 0 Å². The van der Waals surface area contributed by atoms with Crippen molar-refractivity contribution in [1.29, 1.82) is 0 Å². The van der Waals surface area contributed by atoms with E-state index in [-0.39, 0.29) is 24.8 Å². The molecule has 1 N–H and O–H groups in total. The Morgan fingerprint density at radius 2 is 1.63 bits per heavy atom. The zero-order valence-electron chi connectivity index (χ0n) is 19.7. The highest BCUT2D eigenvalue weighted by atomic mass is 16.7. The molecular weight excluding hydrogens is 380 g/mol. The van der Waals surface area contributed by atoms with Crippen LogP contribution in [0.25, 0.3) is 0 Å². The third-order valence-corrected chi connectivity index (χ3v) is 5.81. The van der Waals surface area contributed by atoms with Crippen LogP contribution in [-0.2, 0) is 19.0 Å². The predicted molar refractivity (Wildman–Crippen MR) is 121 cm³/mol. The van der Waals surface area contributed by atoms with Gasteiger partial charge in [-0.3, -0.25) is 4.79 Å². The molecule has 1 saturated heterocycles. The van der Waals surface area contributed by atoms with Crippen LogP contribution < -0.4 is 0 Å². The molecule has 0 aromatic carbocycles. The van der Waals surface area contributed by atoms with Gasteiger partial charge in [0.25, 0.3) is 0 Å². The molecule has 0 amide bonds. The van der Waals surface area contributed by atoms with E-state index in [0.717, 1.165) is 51.6 Å². The zero-order chi connectivity index (χ0) is 21.9. The van der Waals surface area contributed by atoms with Crippen LogP contribution in [0.15, 0.2) is 0 Å². The normalized spacial score (nSPS) is 18.8. The van der Waals surface area contributed by atoms with E-state index >= 15 is 0 Å². The number of ether oxygens (including phenoxy) is 3. The maximum Gasteiger partial charge on any atom is 0.308 e. The van der Waals surface area contributed by atoms with Crippen molar-refractivity contribution in [3.63, 3.8) is 0 Å². The Labute approximate surface area is 185 Å². The minimum atomic E-state index is -0.716. The van der Waals surface area contributed by atoms with Gasteiger partial charge in [0.05, 0.1) is 25.2 Å². The second-order valence-electron chi connectivity index (χ2n) is 8.84. The largest absolute Gasteiger partial charge is 0.466 e. The summed E-state index contributed by atoms with van der Waals surface area (Å²) in [4.78, 5) is 11.9. The number of aliphatic hydroxyl groups excluding tert-OH is 1. The van der Waals surface area contributed by atoms with Gasteiger partial charge in [-0.15, -0.1) is 0 Å². The van der Waals surface area contributed by atoms with E-state index < -0.39 is 6.10 Å². The van der Waals surface area contributed by atoms with Crippen LogP contribution in [-0.4, -0.2) is 42.8 Å². The van der Waals surface area contributed by atoms with Crippen LogP contribution in [0.4, 0.5) is 0 Å². The molecule has 0 bridgehead atoms. The average molecular weight is 429 g/mol. The highest BCUT2D eigenvalue weighted by Gasteiger charge is 2.23. The molecule has 0 spiro atoms. The highest BCUT2D eigenvalue weighted by Crippen LogP contribution is 2.22. The van der Waals surface area contributed by atoms with Gasteiger partial charge in [-0.05, 0) is 32.1 Å². The molecule has 3 atom stereocenters. The Morgan fingerprint density at radius 3 is 2.27 bits per heavy atom. The first-order chi connectivity index (χ1) is 14.7. The third-order valence-electron chi connectivity index (χ3n) is 5.81. The van der Waals surface area contributed by atoms with E-state index in [1.54, 1.807) is 0 Å². The minimum absolute atomic E-state index is 0.0485. The smallest absolute Gasteiger partial charge is 0.308 e. The Kier molecular flexibility index (Phi) is 17.4. The molecule has 2 unspecified atom stereocenters. The first-order valence-corrected chi connectivity index (χ1v) is 12.8. The molecule has 0 radical (unpaired) electrons. The van der Waals surface area contributed by atoms with Gasteiger partial charge in [-0.2, -0.15) is 0 Å². The van der Waals surface area contributed by atoms with Crippen LogP contribution in [0.1, 0.15) is 123 Å². The van der Waals surface area contributed by atoms with Gasteiger partial charge in [0.1, 0.15) is 0 Å². The lowest BCUT2D eigenvalue weighted by Gasteiger charge is -2.29. The number of esters is 1. The molecule has 0 saturated carbocycles. The van der Waals surface area contributed by atoms with Gasteiger partial charge >= 0.3 is 5.97 Å². The van der Waals surface area contributed by atoms with Crippen molar-refractivity contribution >= 4 is 5.97 Å². The number of aliphatic hydroxyl groups is 1. The second-order valence-corrected chi connectivity index (χ2v) is 8.84. The number of hydrogen-bond donors (Lipinski definition) is 1. The Hall–Kier alpha value is -0.650. The second kappa shape index (κ2) is 19.1. The predicted octanol–water partition coefficient (Wildman–Crippen LogP) is 6.30. The van der Waals surface area contributed by atoms with E-state index in [1.165, 1.54) is 51.4 Å². The van der Waals surface area contributed by atoms with Crippen LogP contribution in [0.2, 0.25) is 0 Å². The summed E-state index contributed by atoms with van der Waals surface area (Å²) in [5, 5.41) is 10.4. The maximum atomic E-state index is 11.9. The Bertz CT molecular complexity index is 395. The van der Waals surface area contributed by atoms with Crippen LogP contribution in [0.3, 0.4) is 0 Å².